The lowest BCUT2D eigenvalue weighted by Crippen LogP contribution is -2.41. The molecule has 8 nitrogen and oxygen atoms in total. The Bertz CT molecular complexity index is 539. The minimum Gasteiger partial charge on any atom is -0.459 e. The van der Waals surface area contributed by atoms with Crippen LogP contribution in [0.3, 0.4) is 0 Å². The number of cyclic esters (lactones) is 1. The first kappa shape index (κ1) is 20.9. The molecule has 0 saturated heterocycles. The van der Waals surface area contributed by atoms with Crippen LogP contribution in [-0.4, -0.2) is 60.6 Å². The van der Waals surface area contributed by atoms with Crippen LogP contribution in [0.4, 0.5) is 0 Å². The molecular formula is C17H24O8. The number of ether oxygens (including phenoxy) is 4. The zero-order chi connectivity index (χ0) is 19.0. The number of carbonyl (C=O) groups is 3. The lowest BCUT2D eigenvalue weighted by atomic mass is 10.0. The summed E-state index contributed by atoms with van der Waals surface area (Å²) in [7, 11) is 1.38. The molecule has 0 unspecified atom stereocenters. The molecule has 25 heavy (non-hydrogen) atoms. The van der Waals surface area contributed by atoms with E-state index < -0.39 is 48.4 Å². The van der Waals surface area contributed by atoms with Crippen LogP contribution < -0.4 is 0 Å². The molecule has 0 aromatic carbocycles. The van der Waals surface area contributed by atoms with Crippen molar-refractivity contribution in [2.24, 2.45) is 0 Å². The van der Waals surface area contributed by atoms with Crippen molar-refractivity contribution in [2.75, 3.05) is 7.11 Å². The fourth-order valence-electron chi connectivity index (χ4n) is 2.32. The van der Waals surface area contributed by atoms with Crippen LogP contribution in [0, 0.1) is 0 Å². The van der Waals surface area contributed by atoms with Gasteiger partial charge < -0.3 is 24.1 Å². The number of carbonyl (C=O) groups excluding carboxylic acids is 3. The highest BCUT2D eigenvalue weighted by molar-refractivity contribution is 5.82. The molecule has 0 bridgehead atoms. The molecule has 0 fully saturated rings. The van der Waals surface area contributed by atoms with Gasteiger partial charge in [0.2, 0.25) is 0 Å². The molecule has 1 heterocycles. The van der Waals surface area contributed by atoms with Gasteiger partial charge in [-0.2, -0.15) is 0 Å². The molecule has 1 aliphatic heterocycles. The lowest BCUT2D eigenvalue weighted by molar-refractivity contribution is -0.160. The number of methoxy groups -OCH3 is 1. The smallest absolute Gasteiger partial charge is 0.330 e. The normalized spacial score (nSPS) is 22.0. The maximum atomic E-state index is 11.3. The summed E-state index contributed by atoms with van der Waals surface area (Å²) in [5, 5.41) is 10.3. The second kappa shape index (κ2) is 9.95. The summed E-state index contributed by atoms with van der Waals surface area (Å²) >= 11 is 0. The van der Waals surface area contributed by atoms with E-state index in [9.17, 15) is 19.5 Å². The highest BCUT2D eigenvalue weighted by Gasteiger charge is 2.30. The average Bonchev–Trinajstić information content (AvgIpc) is 2.53. The predicted octanol–water partition coefficient (Wildman–Crippen LogP) is 0.673. The van der Waals surface area contributed by atoms with E-state index in [-0.39, 0.29) is 0 Å². The van der Waals surface area contributed by atoms with Gasteiger partial charge in [0.25, 0.3) is 0 Å². The summed E-state index contributed by atoms with van der Waals surface area (Å²) in [5.74, 6) is -1.59. The number of aliphatic hydroxyl groups excluding tert-OH is 1. The molecular weight excluding hydrogens is 332 g/mol. The van der Waals surface area contributed by atoms with E-state index in [1.807, 2.05) is 0 Å². The fraction of sp³-hybridized carbons (Fsp3) is 0.588. The number of esters is 3. The molecule has 0 amide bonds. The molecule has 1 aliphatic rings. The van der Waals surface area contributed by atoms with Gasteiger partial charge in [0.1, 0.15) is 24.4 Å². The molecule has 8 heteroatoms. The van der Waals surface area contributed by atoms with E-state index in [1.165, 1.54) is 39.2 Å². The van der Waals surface area contributed by atoms with E-state index in [0.29, 0.717) is 6.42 Å². The molecule has 1 rings (SSSR count). The Kier molecular flexibility index (Phi) is 8.30. The van der Waals surface area contributed by atoms with Gasteiger partial charge in [-0.25, -0.2) is 4.79 Å². The summed E-state index contributed by atoms with van der Waals surface area (Å²) in [4.78, 5) is 33.6. The summed E-state index contributed by atoms with van der Waals surface area (Å²) in [6.07, 6.45) is 1.96. The molecule has 0 radical (unpaired) electrons. The zero-order valence-electron chi connectivity index (χ0n) is 14.7. The Morgan fingerprint density at radius 3 is 2.36 bits per heavy atom. The maximum absolute atomic E-state index is 11.3. The minimum atomic E-state index is -1.11. The first-order valence-corrected chi connectivity index (χ1v) is 7.85. The van der Waals surface area contributed by atoms with Crippen LogP contribution in [0.1, 0.15) is 27.2 Å². The lowest BCUT2D eigenvalue weighted by Gasteiger charge is -2.28. The van der Waals surface area contributed by atoms with Gasteiger partial charge in [0, 0.05) is 33.5 Å². The molecule has 1 N–H and O–H groups in total. The standard InChI is InChI=1S/C17H24O8/c1-10(23-11(2)18)13(24-12(3)19)8-9-14(22-4)17(21)15-6-5-7-16(20)25-15/h5,7-10,13-15,17,21H,6H2,1-4H3/b9-8+/t10-,13+,14+,15+,17+/m1/s1. The second-order valence-electron chi connectivity index (χ2n) is 5.58. The molecule has 0 aliphatic carbocycles. The van der Waals surface area contributed by atoms with Crippen molar-refractivity contribution < 1.29 is 38.4 Å². The first-order chi connectivity index (χ1) is 11.7. The van der Waals surface area contributed by atoms with Crippen molar-refractivity contribution in [3.05, 3.63) is 24.3 Å². The SMILES string of the molecule is CO[C@@H](/C=C/[C@H](OC(C)=O)[C@@H](C)OC(C)=O)[C@H](O)[C@@H]1CC=CC(=O)O1. The van der Waals surface area contributed by atoms with Crippen LogP contribution in [0.2, 0.25) is 0 Å². The van der Waals surface area contributed by atoms with Crippen molar-refractivity contribution >= 4 is 17.9 Å². The van der Waals surface area contributed by atoms with Crippen molar-refractivity contribution in [1.82, 2.24) is 0 Å². The van der Waals surface area contributed by atoms with Crippen molar-refractivity contribution in [2.45, 2.75) is 57.7 Å². The van der Waals surface area contributed by atoms with Gasteiger partial charge in [-0.15, -0.1) is 0 Å². The molecule has 0 aromatic rings. The van der Waals surface area contributed by atoms with Gasteiger partial charge in [-0.05, 0) is 13.0 Å². The van der Waals surface area contributed by atoms with Gasteiger partial charge in [-0.3, -0.25) is 9.59 Å². The van der Waals surface area contributed by atoms with Gasteiger partial charge in [-0.1, -0.05) is 12.2 Å². The Labute approximate surface area is 146 Å². The zero-order valence-corrected chi connectivity index (χ0v) is 14.7. The quantitative estimate of drug-likeness (QED) is 0.384. The second-order valence-corrected chi connectivity index (χ2v) is 5.58. The third-order valence-electron chi connectivity index (χ3n) is 3.49. The molecule has 0 saturated carbocycles. The monoisotopic (exact) mass is 356 g/mol. The minimum absolute atomic E-state index is 0.359. The summed E-state index contributed by atoms with van der Waals surface area (Å²) in [6, 6.07) is 0. The third-order valence-corrected chi connectivity index (χ3v) is 3.49. The van der Waals surface area contributed by atoms with Crippen molar-refractivity contribution in [1.29, 1.82) is 0 Å². The van der Waals surface area contributed by atoms with Crippen LogP contribution in [0.25, 0.3) is 0 Å². The predicted molar refractivity (Wildman–Crippen MR) is 86.4 cm³/mol. The van der Waals surface area contributed by atoms with E-state index in [0.717, 1.165) is 0 Å². The summed E-state index contributed by atoms with van der Waals surface area (Å²) < 4.78 is 20.4. The fourth-order valence-corrected chi connectivity index (χ4v) is 2.32. The topological polar surface area (TPSA) is 108 Å². The molecule has 0 aromatic heterocycles. The van der Waals surface area contributed by atoms with Crippen LogP contribution in [0.15, 0.2) is 24.3 Å². The largest absolute Gasteiger partial charge is 0.459 e. The van der Waals surface area contributed by atoms with Crippen molar-refractivity contribution in [3.8, 4) is 0 Å². The van der Waals surface area contributed by atoms with E-state index in [2.05, 4.69) is 0 Å². The first-order valence-electron chi connectivity index (χ1n) is 7.85. The molecule has 0 spiro atoms. The Morgan fingerprint density at radius 1 is 1.24 bits per heavy atom. The van der Waals surface area contributed by atoms with Crippen LogP contribution in [-0.2, 0) is 33.3 Å². The Morgan fingerprint density at radius 2 is 1.84 bits per heavy atom. The Hall–Kier alpha value is -2.19. The maximum Gasteiger partial charge on any atom is 0.330 e. The van der Waals surface area contributed by atoms with Gasteiger partial charge in [0.15, 0.2) is 6.10 Å². The number of hydrogen-bond donors (Lipinski definition) is 1. The Balaban J connectivity index is 2.82. The number of hydrogen-bond acceptors (Lipinski definition) is 8. The van der Waals surface area contributed by atoms with Gasteiger partial charge in [0.05, 0.1) is 0 Å². The summed E-state index contributed by atoms with van der Waals surface area (Å²) in [6.45, 7) is 4.06. The van der Waals surface area contributed by atoms with E-state index in [4.69, 9.17) is 18.9 Å². The summed E-state index contributed by atoms with van der Waals surface area (Å²) in [5.41, 5.74) is 0. The number of aliphatic hydroxyl groups is 1. The molecule has 140 valence electrons. The average molecular weight is 356 g/mol. The molecule has 5 atom stereocenters. The van der Waals surface area contributed by atoms with Gasteiger partial charge >= 0.3 is 17.9 Å². The van der Waals surface area contributed by atoms with Crippen LogP contribution in [0.5, 0.6) is 0 Å². The van der Waals surface area contributed by atoms with Crippen LogP contribution >= 0.6 is 0 Å². The highest BCUT2D eigenvalue weighted by Crippen LogP contribution is 2.17. The third kappa shape index (κ3) is 7.06. The highest BCUT2D eigenvalue weighted by atomic mass is 16.6. The number of rotatable bonds is 8. The van der Waals surface area contributed by atoms with E-state index >= 15 is 0 Å². The van der Waals surface area contributed by atoms with E-state index in [1.54, 1.807) is 13.0 Å². The van der Waals surface area contributed by atoms with Crippen molar-refractivity contribution in [3.63, 3.8) is 0 Å².